The first-order valence-corrected chi connectivity index (χ1v) is 13.4. The van der Waals surface area contributed by atoms with Crippen LogP contribution in [0, 0.1) is 14.4 Å². The maximum absolute atomic E-state index is 13.8. The Morgan fingerprint density at radius 1 is 1.03 bits per heavy atom. The fourth-order valence-electron chi connectivity index (χ4n) is 5.95. The first kappa shape index (κ1) is 26.0. The Bertz CT molecular complexity index is 1100. The molecule has 0 atom stereocenters. The molecule has 0 unspecified atom stereocenters. The van der Waals surface area contributed by atoms with E-state index in [1.807, 2.05) is 12.1 Å². The lowest BCUT2D eigenvalue weighted by Gasteiger charge is -2.49. The smallest absolute Gasteiger partial charge is 0.174 e. The van der Waals surface area contributed by atoms with Gasteiger partial charge in [-0.3, -0.25) is 9.59 Å². The lowest BCUT2D eigenvalue weighted by Crippen LogP contribution is -2.44. The summed E-state index contributed by atoms with van der Waals surface area (Å²) in [5.41, 5.74) is 4.43. The van der Waals surface area contributed by atoms with Gasteiger partial charge in [-0.1, -0.05) is 40.3 Å². The lowest BCUT2D eigenvalue weighted by molar-refractivity contribution is -0.119. The minimum Gasteiger partial charge on any atom is -0.493 e. The SMILES string of the molecule is C=CCOc1c(I)cc(C2C3=C(CC(C)(C)CC3=O)N(CC)C3=C2C(=O)CC(C)(C)C3)cc1OC. The highest BCUT2D eigenvalue weighted by Crippen LogP contribution is 2.55. The first-order chi connectivity index (χ1) is 16.4. The third kappa shape index (κ3) is 4.70. The number of allylic oxidation sites excluding steroid dienone is 4. The van der Waals surface area contributed by atoms with Crippen LogP contribution < -0.4 is 9.47 Å². The van der Waals surface area contributed by atoms with Gasteiger partial charge in [-0.25, -0.2) is 0 Å². The predicted molar refractivity (Wildman–Crippen MR) is 147 cm³/mol. The number of halogens is 1. The first-order valence-electron chi connectivity index (χ1n) is 12.3. The van der Waals surface area contributed by atoms with Crippen molar-refractivity contribution in [3.05, 3.63) is 56.5 Å². The predicted octanol–water partition coefficient (Wildman–Crippen LogP) is 6.57. The molecule has 0 radical (unpaired) electrons. The molecule has 0 saturated heterocycles. The molecule has 0 saturated carbocycles. The summed E-state index contributed by atoms with van der Waals surface area (Å²) in [5.74, 6) is 1.15. The maximum atomic E-state index is 13.8. The van der Waals surface area contributed by atoms with Crippen molar-refractivity contribution >= 4 is 34.2 Å². The number of ether oxygens (including phenoxy) is 2. The number of ketones is 2. The number of Topliss-reactive ketones (excluding diaryl/α,β-unsaturated/α-hetero) is 2. The molecule has 6 heteroatoms. The largest absolute Gasteiger partial charge is 0.493 e. The minimum atomic E-state index is -0.383. The van der Waals surface area contributed by atoms with Gasteiger partial charge in [0, 0.05) is 47.8 Å². The van der Waals surface area contributed by atoms with Gasteiger partial charge in [0.25, 0.3) is 0 Å². The molecular weight excluding hydrogens is 553 g/mol. The number of carbonyl (C=O) groups is 2. The Morgan fingerprint density at radius 2 is 1.57 bits per heavy atom. The number of nitrogens with zero attached hydrogens (tertiary/aromatic N) is 1. The van der Waals surface area contributed by atoms with Crippen LogP contribution in [0.25, 0.3) is 0 Å². The van der Waals surface area contributed by atoms with E-state index in [1.165, 1.54) is 0 Å². The zero-order valence-electron chi connectivity index (χ0n) is 21.7. The molecule has 1 aromatic rings. The number of hydrogen-bond donors (Lipinski definition) is 0. The summed E-state index contributed by atoms with van der Waals surface area (Å²) in [7, 11) is 1.62. The molecule has 4 rings (SSSR count). The van der Waals surface area contributed by atoms with E-state index in [-0.39, 0.29) is 28.3 Å². The van der Waals surface area contributed by atoms with E-state index in [9.17, 15) is 9.59 Å². The summed E-state index contributed by atoms with van der Waals surface area (Å²) in [6.07, 6.45) is 4.30. The standard InChI is InChI=1S/C29H36INO4/c1-8-10-35-27-18(30)11-17(12-23(27)34-7)24-25-19(13-28(3,4)15-21(25)32)31(9-2)20-14-29(5,6)16-22(33)26(20)24/h8,11-12,24H,1,9-10,13-16H2,2-7H3. The quantitative estimate of drug-likeness (QED) is 0.278. The average molecular weight is 590 g/mol. The van der Waals surface area contributed by atoms with E-state index in [2.05, 4.69) is 68.7 Å². The molecule has 0 amide bonds. The molecule has 1 aromatic carbocycles. The second kappa shape index (κ2) is 9.41. The van der Waals surface area contributed by atoms with Crippen molar-refractivity contribution in [3.8, 4) is 11.5 Å². The van der Waals surface area contributed by atoms with Crippen molar-refractivity contribution in [2.45, 2.75) is 66.2 Å². The Hall–Kier alpha value is -2.09. The van der Waals surface area contributed by atoms with E-state index in [0.29, 0.717) is 30.9 Å². The molecule has 0 N–H and O–H groups in total. The third-order valence-corrected chi connectivity index (χ3v) is 8.07. The number of hydrogen-bond acceptors (Lipinski definition) is 5. The second-order valence-corrected chi connectivity index (χ2v) is 12.6. The van der Waals surface area contributed by atoms with E-state index in [0.717, 1.165) is 51.1 Å². The molecule has 5 nitrogen and oxygen atoms in total. The molecule has 3 aliphatic rings. The van der Waals surface area contributed by atoms with Gasteiger partial charge in [0.15, 0.2) is 23.1 Å². The molecule has 35 heavy (non-hydrogen) atoms. The third-order valence-electron chi connectivity index (χ3n) is 7.27. The highest BCUT2D eigenvalue weighted by molar-refractivity contribution is 14.1. The van der Waals surface area contributed by atoms with Crippen LogP contribution >= 0.6 is 22.6 Å². The Labute approximate surface area is 222 Å². The van der Waals surface area contributed by atoms with Crippen molar-refractivity contribution in [3.63, 3.8) is 0 Å². The highest BCUT2D eigenvalue weighted by Gasteiger charge is 2.48. The van der Waals surface area contributed by atoms with Crippen LogP contribution in [0.15, 0.2) is 47.3 Å². The Kier molecular flexibility index (Phi) is 6.99. The van der Waals surface area contributed by atoms with Gasteiger partial charge >= 0.3 is 0 Å². The molecule has 0 spiro atoms. The maximum Gasteiger partial charge on any atom is 0.174 e. The van der Waals surface area contributed by atoms with E-state index in [4.69, 9.17) is 9.47 Å². The van der Waals surface area contributed by atoms with Crippen molar-refractivity contribution < 1.29 is 19.1 Å². The summed E-state index contributed by atoms with van der Waals surface area (Å²) in [5, 5.41) is 0. The fourth-order valence-corrected chi connectivity index (χ4v) is 6.73. The number of rotatable bonds is 6. The van der Waals surface area contributed by atoms with Gasteiger partial charge in [0.2, 0.25) is 0 Å². The monoisotopic (exact) mass is 589 g/mol. The second-order valence-electron chi connectivity index (χ2n) is 11.4. The van der Waals surface area contributed by atoms with Crippen molar-refractivity contribution in [2.75, 3.05) is 20.3 Å². The van der Waals surface area contributed by atoms with Gasteiger partial charge < -0.3 is 14.4 Å². The van der Waals surface area contributed by atoms with E-state index >= 15 is 0 Å². The fraction of sp³-hybridized carbons (Fsp3) is 0.517. The summed E-state index contributed by atoms with van der Waals surface area (Å²) in [6.45, 7) is 15.6. The van der Waals surface area contributed by atoms with Crippen LogP contribution in [0.1, 0.15) is 71.8 Å². The average Bonchev–Trinajstić information content (AvgIpc) is 2.74. The summed E-state index contributed by atoms with van der Waals surface area (Å²) in [6, 6.07) is 3.99. The van der Waals surface area contributed by atoms with Gasteiger partial charge in [0.05, 0.1) is 10.7 Å². The van der Waals surface area contributed by atoms with Crippen molar-refractivity contribution in [2.24, 2.45) is 10.8 Å². The molecule has 188 valence electrons. The van der Waals surface area contributed by atoms with Crippen LogP contribution in [0.5, 0.6) is 11.5 Å². The molecule has 1 heterocycles. The van der Waals surface area contributed by atoms with Crippen LogP contribution in [-0.2, 0) is 9.59 Å². The van der Waals surface area contributed by atoms with E-state index in [1.54, 1.807) is 13.2 Å². The molecule has 0 bridgehead atoms. The van der Waals surface area contributed by atoms with E-state index < -0.39 is 0 Å². The zero-order valence-corrected chi connectivity index (χ0v) is 23.9. The normalized spacial score (nSPS) is 21.6. The van der Waals surface area contributed by atoms with Crippen LogP contribution in [0.3, 0.4) is 0 Å². The van der Waals surface area contributed by atoms with Crippen molar-refractivity contribution in [1.82, 2.24) is 4.90 Å². The van der Waals surface area contributed by atoms with Gasteiger partial charge in [-0.15, -0.1) is 0 Å². The van der Waals surface area contributed by atoms with Crippen LogP contribution in [-0.4, -0.2) is 36.7 Å². The molecule has 0 fully saturated rings. The van der Waals surface area contributed by atoms with Crippen molar-refractivity contribution in [1.29, 1.82) is 0 Å². The topological polar surface area (TPSA) is 55.8 Å². The molecular formula is C29H36INO4. The highest BCUT2D eigenvalue weighted by atomic mass is 127. The number of benzene rings is 1. The molecule has 2 aliphatic carbocycles. The number of carbonyl (C=O) groups excluding carboxylic acids is 2. The van der Waals surface area contributed by atoms with Gasteiger partial charge in [-0.05, 0) is 70.9 Å². The number of methoxy groups -OCH3 is 1. The molecule has 1 aliphatic heterocycles. The van der Waals surface area contributed by atoms with Gasteiger partial charge in [-0.2, -0.15) is 0 Å². The zero-order chi connectivity index (χ0) is 25.7. The van der Waals surface area contributed by atoms with Crippen LogP contribution in [0.2, 0.25) is 0 Å². The summed E-state index contributed by atoms with van der Waals surface area (Å²) >= 11 is 2.25. The summed E-state index contributed by atoms with van der Waals surface area (Å²) in [4.78, 5) is 29.8. The Balaban J connectivity index is 1.98. The Morgan fingerprint density at radius 3 is 2.03 bits per heavy atom. The summed E-state index contributed by atoms with van der Waals surface area (Å²) < 4.78 is 12.5. The minimum absolute atomic E-state index is 0.116. The van der Waals surface area contributed by atoms with Crippen LogP contribution in [0.4, 0.5) is 0 Å². The molecule has 0 aromatic heterocycles. The van der Waals surface area contributed by atoms with Gasteiger partial charge in [0.1, 0.15) is 6.61 Å². The lowest BCUT2D eigenvalue weighted by atomic mass is 9.63.